The second-order valence-electron chi connectivity index (χ2n) is 8.52. The molecule has 7 heteroatoms. The number of pyridine rings is 1. The fraction of sp³-hybridized carbons (Fsp3) is 0.722. The van der Waals surface area contributed by atoms with Crippen LogP contribution >= 0.6 is 0 Å². The Bertz CT molecular complexity index is 621. The van der Waals surface area contributed by atoms with Crippen LogP contribution in [0.15, 0.2) is 18.3 Å². The number of aliphatic hydroxyl groups excluding tert-OH is 1. The fourth-order valence-electron chi connectivity index (χ4n) is 3.93. The number of hydrogen-bond acceptors (Lipinski definition) is 6. The largest absolute Gasteiger partial charge is 0.496 e. The molecule has 25 heavy (non-hydrogen) atoms. The SMILES string of the molecule is CC1(C)OB(c2ccc(N3CCN4C[C@H](O)C[C@H]4C3)nc2)OC1(C)C. The molecule has 4 heterocycles. The zero-order valence-corrected chi connectivity index (χ0v) is 15.6. The Labute approximate surface area is 150 Å². The van der Waals surface area contributed by atoms with Crippen molar-refractivity contribution in [3.05, 3.63) is 18.3 Å². The lowest BCUT2D eigenvalue weighted by atomic mass is 9.80. The number of hydrogen-bond donors (Lipinski definition) is 1. The number of fused-ring (bicyclic) bond motifs is 1. The summed E-state index contributed by atoms with van der Waals surface area (Å²) in [5, 5.41) is 9.86. The van der Waals surface area contributed by atoms with E-state index in [4.69, 9.17) is 9.31 Å². The standard InChI is InChI=1S/C18H28BN3O3/c1-17(2)18(3,4)25-19(24-17)13-5-6-16(20-10-13)22-8-7-21-12-15(23)9-14(21)11-22/h5-6,10,14-15,23H,7-9,11-12H2,1-4H3/t14-,15+/m0/s1. The summed E-state index contributed by atoms with van der Waals surface area (Å²) in [7, 11) is -0.367. The van der Waals surface area contributed by atoms with E-state index in [1.54, 1.807) is 0 Å². The van der Waals surface area contributed by atoms with Gasteiger partial charge in [0.1, 0.15) is 5.82 Å². The van der Waals surface area contributed by atoms with Gasteiger partial charge >= 0.3 is 7.12 Å². The fourth-order valence-corrected chi connectivity index (χ4v) is 3.93. The Kier molecular flexibility index (Phi) is 4.11. The van der Waals surface area contributed by atoms with Crippen LogP contribution in [-0.2, 0) is 9.31 Å². The van der Waals surface area contributed by atoms with Crippen LogP contribution in [0.2, 0.25) is 0 Å². The van der Waals surface area contributed by atoms with E-state index in [0.29, 0.717) is 6.04 Å². The van der Waals surface area contributed by atoms with Gasteiger partial charge in [0.2, 0.25) is 0 Å². The lowest BCUT2D eigenvalue weighted by Crippen LogP contribution is -2.50. The molecule has 1 N–H and O–H groups in total. The molecule has 3 aliphatic heterocycles. The summed E-state index contributed by atoms with van der Waals surface area (Å²) in [6.07, 6.45) is 2.55. The Morgan fingerprint density at radius 3 is 2.48 bits per heavy atom. The zero-order chi connectivity index (χ0) is 17.8. The van der Waals surface area contributed by atoms with Gasteiger partial charge in [-0.3, -0.25) is 4.90 Å². The molecule has 0 unspecified atom stereocenters. The zero-order valence-electron chi connectivity index (χ0n) is 15.6. The first-order valence-electron chi connectivity index (χ1n) is 9.24. The van der Waals surface area contributed by atoms with E-state index in [1.807, 2.05) is 6.20 Å². The van der Waals surface area contributed by atoms with Gasteiger partial charge in [0.15, 0.2) is 0 Å². The number of rotatable bonds is 2. The maximum Gasteiger partial charge on any atom is 0.496 e. The van der Waals surface area contributed by atoms with E-state index in [2.05, 4.69) is 54.6 Å². The molecule has 1 aromatic heterocycles. The minimum Gasteiger partial charge on any atom is -0.399 e. The maximum absolute atomic E-state index is 9.86. The summed E-state index contributed by atoms with van der Waals surface area (Å²) in [5.74, 6) is 0.987. The number of anilines is 1. The van der Waals surface area contributed by atoms with Crippen LogP contribution in [0.4, 0.5) is 5.82 Å². The first kappa shape index (κ1) is 17.3. The molecule has 0 aliphatic carbocycles. The van der Waals surface area contributed by atoms with Gasteiger partial charge in [0.25, 0.3) is 0 Å². The Morgan fingerprint density at radius 2 is 1.84 bits per heavy atom. The van der Waals surface area contributed by atoms with E-state index in [9.17, 15) is 5.11 Å². The molecule has 0 aromatic carbocycles. The first-order valence-corrected chi connectivity index (χ1v) is 9.24. The molecule has 4 rings (SSSR count). The van der Waals surface area contributed by atoms with Crippen LogP contribution < -0.4 is 10.4 Å². The van der Waals surface area contributed by atoms with Gasteiger partial charge in [-0.2, -0.15) is 0 Å². The predicted molar refractivity (Wildman–Crippen MR) is 98.2 cm³/mol. The number of aromatic nitrogens is 1. The third-order valence-corrected chi connectivity index (χ3v) is 6.21. The van der Waals surface area contributed by atoms with Crippen molar-refractivity contribution in [1.29, 1.82) is 0 Å². The van der Waals surface area contributed by atoms with Gasteiger partial charge < -0.3 is 19.3 Å². The van der Waals surface area contributed by atoms with Crippen LogP contribution in [0, 0.1) is 0 Å². The second-order valence-corrected chi connectivity index (χ2v) is 8.52. The molecule has 3 fully saturated rings. The maximum atomic E-state index is 9.86. The molecule has 136 valence electrons. The molecule has 3 aliphatic rings. The van der Waals surface area contributed by atoms with E-state index >= 15 is 0 Å². The molecule has 6 nitrogen and oxygen atoms in total. The van der Waals surface area contributed by atoms with Crippen molar-refractivity contribution in [2.45, 2.75) is 57.5 Å². The van der Waals surface area contributed by atoms with Crippen LogP contribution in [0.25, 0.3) is 0 Å². The van der Waals surface area contributed by atoms with Gasteiger partial charge in [-0.05, 0) is 40.2 Å². The van der Waals surface area contributed by atoms with Crippen LogP contribution in [-0.4, -0.2) is 71.6 Å². The van der Waals surface area contributed by atoms with E-state index in [0.717, 1.165) is 43.9 Å². The highest BCUT2D eigenvalue weighted by molar-refractivity contribution is 6.62. The number of aliphatic hydroxyl groups is 1. The molecule has 3 saturated heterocycles. The van der Waals surface area contributed by atoms with Gasteiger partial charge in [-0.1, -0.05) is 6.07 Å². The summed E-state index contributed by atoms with van der Waals surface area (Å²) in [4.78, 5) is 9.36. The summed E-state index contributed by atoms with van der Waals surface area (Å²) >= 11 is 0. The van der Waals surface area contributed by atoms with Crippen molar-refractivity contribution in [2.75, 3.05) is 31.1 Å². The first-order chi connectivity index (χ1) is 11.7. The highest BCUT2D eigenvalue weighted by Crippen LogP contribution is 2.36. The topological polar surface area (TPSA) is 58.1 Å². The van der Waals surface area contributed by atoms with E-state index in [1.165, 1.54) is 0 Å². The predicted octanol–water partition coefficient (Wildman–Crippen LogP) is 0.636. The van der Waals surface area contributed by atoms with E-state index < -0.39 is 0 Å². The van der Waals surface area contributed by atoms with Crippen LogP contribution in [0.3, 0.4) is 0 Å². The molecule has 0 amide bonds. The third kappa shape index (κ3) is 3.08. The smallest absolute Gasteiger partial charge is 0.399 e. The Hall–Kier alpha value is -1.15. The van der Waals surface area contributed by atoms with Crippen LogP contribution in [0.1, 0.15) is 34.1 Å². The second kappa shape index (κ2) is 5.94. The normalized spacial score (nSPS) is 31.4. The molecule has 0 spiro atoms. The number of piperazine rings is 1. The van der Waals surface area contributed by atoms with Gasteiger partial charge in [0.05, 0.1) is 17.3 Å². The Morgan fingerprint density at radius 1 is 1.12 bits per heavy atom. The average molecular weight is 345 g/mol. The third-order valence-electron chi connectivity index (χ3n) is 6.21. The lowest BCUT2D eigenvalue weighted by Gasteiger charge is -2.37. The molecule has 0 radical (unpaired) electrons. The molecule has 0 saturated carbocycles. The minimum atomic E-state index is -0.367. The Balaban J connectivity index is 1.45. The van der Waals surface area contributed by atoms with Crippen molar-refractivity contribution in [2.24, 2.45) is 0 Å². The molecule has 0 bridgehead atoms. The van der Waals surface area contributed by atoms with Gasteiger partial charge in [0, 0.05) is 43.9 Å². The quantitative estimate of drug-likeness (QED) is 0.794. The lowest BCUT2D eigenvalue weighted by molar-refractivity contribution is 0.00578. The van der Waals surface area contributed by atoms with Gasteiger partial charge in [-0.15, -0.1) is 0 Å². The minimum absolute atomic E-state index is 0.177. The summed E-state index contributed by atoms with van der Waals surface area (Å²) in [6, 6.07) is 4.55. The van der Waals surface area contributed by atoms with Crippen molar-refractivity contribution in [1.82, 2.24) is 9.88 Å². The van der Waals surface area contributed by atoms with Crippen LogP contribution in [0.5, 0.6) is 0 Å². The van der Waals surface area contributed by atoms with E-state index in [-0.39, 0.29) is 24.4 Å². The van der Waals surface area contributed by atoms with Crippen molar-refractivity contribution in [3.8, 4) is 0 Å². The summed E-state index contributed by atoms with van der Waals surface area (Å²) < 4.78 is 12.2. The highest BCUT2D eigenvalue weighted by atomic mass is 16.7. The molecule has 2 atom stereocenters. The van der Waals surface area contributed by atoms with Crippen molar-refractivity contribution < 1.29 is 14.4 Å². The molecule has 1 aromatic rings. The monoisotopic (exact) mass is 345 g/mol. The van der Waals surface area contributed by atoms with Crippen molar-refractivity contribution >= 4 is 18.4 Å². The summed E-state index contributed by atoms with van der Waals surface area (Å²) in [6.45, 7) is 11.9. The summed E-state index contributed by atoms with van der Waals surface area (Å²) in [5.41, 5.74) is 0.281. The van der Waals surface area contributed by atoms with Gasteiger partial charge in [-0.25, -0.2) is 4.98 Å². The molecular formula is C18H28BN3O3. The average Bonchev–Trinajstić information content (AvgIpc) is 3.02. The number of nitrogens with zero attached hydrogens (tertiary/aromatic N) is 3. The van der Waals surface area contributed by atoms with Crippen molar-refractivity contribution in [3.63, 3.8) is 0 Å². The highest BCUT2D eigenvalue weighted by Gasteiger charge is 2.51. The molecular weight excluding hydrogens is 317 g/mol.